The highest BCUT2D eigenvalue weighted by atomic mass is 15.3. The number of likely N-dealkylation sites (tertiary alicyclic amines) is 1. The Kier molecular flexibility index (Phi) is 3.63. The minimum Gasteiger partial charge on any atom is -0.329 e. The van der Waals surface area contributed by atoms with Crippen molar-refractivity contribution in [1.82, 2.24) is 14.7 Å². The van der Waals surface area contributed by atoms with Crippen LogP contribution in [0.2, 0.25) is 0 Å². The Balaban J connectivity index is 1.68. The van der Waals surface area contributed by atoms with Gasteiger partial charge in [0.1, 0.15) is 0 Å². The van der Waals surface area contributed by atoms with Gasteiger partial charge in [0.05, 0.1) is 0 Å². The van der Waals surface area contributed by atoms with Crippen LogP contribution in [0.4, 0.5) is 0 Å². The van der Waals surface area contributed by atoms with Gasteiger partial charge in [-0.05, 0) is 52.4 Å². The van der Waals surface area contributed by atoms with Crippen LogP contribution in [0, 0.1) is 0 Å². The minimum absolute atomic E-state index is 0.307. The molecule has 2 N–H and O–H groups in total. The van der Waals surface area contributed by atoms with Crippen molar-refractivity contribution in [2.45, 2.75) is 37.3 Å². The third kappa shape index (κ3) is 2.20. The van der Waals surface area contributed by atoms with Crippen molar-refractivity contribution in [3.8, 4) is 0 Å². The summed E-state index contributed by atoms with van der Waals surface area (Å²) in [5, 5.41) is 0. The summed E-state index contributed by atoms with van der Waals surface area (Å²) in [4.78, 5) is 7.88. The smallest absolute Gasteiger partial charge is 0.0357 e. The summed E-state index contributed by atoms with van der Waals surface area (Å²) in [7, 11) is 2.23. The van der Waals surface area contributed by atoms with Gasteiger partial charge in [-0.3, -0.25) is 9.80 Å². The summed E-state index contributed by atoms with van der Waals surface area (Å²) < 4.78 is 0. The van der Waals surface area contributed by atoms with Crippen LogP contribution in [0.1, 0.15) is 25.7 Å². The molecule has 0 spiro atoms. The summed E-state index contributed by atoms with van der Waals surface area (Å²) >= 11 is 0. The van der Waals surface area contributed by atoms with Gasteiger partial charge in [0.2, 0.25) is 0 Å². The zero-order valence-electron chi connectivity index (χ0n) is 11.8. The van der Waals surface area contributed by atoms with E-state index >= 15 is 0 Å². The number of hydrogen-bond acceptors (Lipinski definition) is 4. The largest absolute Gasteiger partial charge is 0.329 e. The van der Waals surface area contributed by atoms with Crippen molar-refractivity contribution in [2.24, 2.45) is 5.73 Å². The third-order valence-electron chi connectivity index (χ3n) is 5.56. The van der Waals surface area contributed by atoms with E-state index in [0.29, 0.717) is 5.54 Å². The predicted octanol–water partition coefficient (Wildman–Crippen LogP) is 0.190. The molecule has 0 bridgehead atoms. The van der Waals surface area contributed by atoms with E-state index in [-0.39, 0.29) is 0 Å². The van der Waals surface area contributed by atoms with E-state index in [1.54, 1.807) is 0 Å². The van der Waals surface area contributed by atoms with Crippen LogP contribution >= 0.6 is 0 Å². The molecule has 0 amide bonds. The normalized spacial score (nSPS) is 34.7. The Morgan fingerprint density at radius 3 is 2.61 bits per heavy atom. The van der Waals surface area contributed by atoms with E-state index in [9.17, 15) is 0 Å². The molecule has 0 aromatic heterocycles. The number of fused-ring (bicyclic) bond motifs is 1. The third-order valence-corrected chi connectivity index (χ3v) is 5.56. The Hall–Kier alpha value is -0.160. The van der Waals surface area contributed by atoms with Crippen LogP contribution in [0.15, 0.2) is 0 Å². The van der Waals surface area contributed by atoms with Crippen molar-refractivity contribution in [2.75, 3.05) is 52.9 Å². The van der Waals surface area contributed by atoms with Gasteiger partial charge >= 0.3 is 0 Å². The maximum Gasteiger partial charge on any atom is 0.0357 e. The molecule has 0 radical (unpaired) electrons. The lowest BCUT2D eigenvalue weighted by molar-refractivity contribution is -0.0143. The second kappa shape index (κ2) is 5.08. The molecule has 0 aromatic rings. The van der Waals surface area contributed by atoms with Gasteiger partial charge in [0.15, 0.2) is 0 Å². The average molecular weight is 252 g/mol. The van der Waals surface area contributed by atoms with Gasteiger partial charge in [-0.25, -0.2) is 0 Å². The molecule has 3 aliphatic rings. The van der Waals surface area contributed by atoms with E-state index in [4.69, 9.17) is 5.73 Å². The number of rotatable bonds is 2. The van der Waals surface area contributed by atoms with Crippen LogP contribution < -0.4 is 5.73 Å². The summed E-state index contributed by atoms with van der Waals surface area (Å²) in [6.45, 7) is 8.36. The standard InChI is InChI=1S/C14H28N4/c1-16-7-4-14(12-15,5-8-16)18-10-9-17-6-2-3-13(17)11-18/h13H,2-12,15H2,1H3. The first-order valence-electron chi connectivity index (χ1n) is 7.61. The summed E-state index contributed by atoms with van der Waals surface area (Å²) in [5.41, 5.74) is 6.48. The van der Waals surface area contributed by atoms with Crippen molar-refractivity contribution in [3.05, 3.63) is 0 Å². The van der Waals surface area contributed by atoms with Crippen molar-refractivity contribution in [1.29, 1.82) is 0 Å². The Labute approximate surface area is 111 Å². The fourth-order valence-corrected chi connectivity index (χ4v) is 4.11. The van der Waals surface area contributed by atoms with E-state index in [0.717, 1.165) is 12.6 Å². The molecule has 3 fully saturated rings. The molecule has 3 heterocycles. The highest BCUT2D eigenvalue weighted by molar-refractivity contribution is 5.00. The molecule has 18 heavy (non-hydrogen) atoms. The zero-order valence-corrected chi connectivity index (χ0v) is 11.8. The number of nitrogens with zero attached hydrogens (tertiary/aromatic N) is 3. The maximum atomic E-state index is 6.18. The second-order valence-electron chi connectivity index (χ2n) is 6.51. The van der Waals surface area contributed by atoms with Crippen LogP contribution in [-0.4, -0.2) is 79.1 Å². The molecule has 0 saturated carbocycles. The molecule has 1 atom stereocenters. The van der Waals surface area contributed by atoms with Crippen molar-refractivity contribution in [3.63, 3.8) is 0 Å². The SMILES string of the molecule is CN1CCC(CN)(N2CCN3CCCC3C2)CC1. The fraction of sp³-hybridized carbons (Fsp3) is 1.00. The summed E-state index contributed by atoms with van der Waals surface area (Å²) in [6, 6.07) is 0.821. The quantitative estimate of drug-likeness (QED) is 0.761. The van der Waals surface area contributed by atoms with Crippen molar-refractivity contribution < 1.29 is 0 Å². The van der Waals surface area contributed by atoms with E-state index in [1.165, 1.54) is 65.0 Å². The first-order valence-corrected chi connectivity index (χ1v) is 7.61. The molecule has 4 nitrogen and oxygen atoms in total. The molecular formula is C14H28N4. The Morgan fingerprint density at radius 1 is 1.11 bits per heavy atom. The molecule has 4 heteroatoms. The molecular weight excluding hydrogens is 224 g/mol. The van der Waals surface area contributed by atoms with Gasteiger partial charge < -0.3 is 10.6 Å². The average Bonchev–Trinajstić information content (AvgIpc) is 2.87. The summed E-state index contributed by atoms with van der Waals surface area (Å²) in [6.07, 6.45) is 5.31. The molecule has 3 aliphatic heterocycles. The number of piperazine rings is 1. The lowest BCUT2D eigenvalue weighted by Gasteiger charge is -2.52. The van der Waals surface area contributed by atoms with Crippen LogP contribution in [-0.2, 0) is 0 Å². The lowest BCUT2D eigenvalue weighted by Crippen LogP contribution is -2.64. The maximum absolute atomic E-state index is 6.18. The second-order valence-corrected chi connectivity index (χ2v) is 6.51. The Bertz CT molecular complexity index is 286. The number of piperidine rings is 1. The van der Waals surface area contributed by atoms with Gasteiger partial charge in [-0.15, -0.1) is 0 Å². The fourth-order valence-electron chi connectivity index (χ4n) is 4.11. The Morgan fingerprint density at radius 2 is 1.89 bits per heavy atom. The van der Waals surface area contributed by atoms with Gasteiger partial charge in [-0.1, -0.05) is 0 Å². The highest BCUT2D eigenvalue weighted by Crippen LogP contribution is 2.32. The van der Waals surface area contributed by atoms with Gasteiger partial charge in [-0.2, -0.15) is 0 Å². The molecule has 104 valence electrons. The summed E-state index contributed by atoms with van der Waals surface area (Å²) in [5.74, 6) is 0. The predicted molar refractivity (Wildman–Crippen MR) is 74.7 cm³/mol. The van der Waals surface area contributed by atoms with Gasteiger partial charge in [0.25, 0.3) is 0 Å². The topological polar surface area (TPSA) is 35.7 Å². The first-order chi connectivity index (χ1) is 8.73. The zero-order chi connectivity index (χ0) is 12.6. The lowest BCUT2D eigenvalue weighted by atomic mass is 9.84. The number of hydrogen-bond donors (Lipinski definition) is 1. The van der Waals surface area contributed by atoms with Crippen LogP contribution in [0.5, 0.6) is 0 Å². The molecule has 3 rings (SSSR count). The van der Waals surface area contributed by atoms with E-state index in [2.05, 4.69) is 21.7 Å². The van der Waals surface area contributed by atoms with Crippen LogP contribution in [0.3, 0.4) is 0 Å². The first kappa shape index (κ1) is 12.9. The molecule has 0 aromatic carbocycles. The molecule has 0 aliphatic carbocycles. The van der Waals surface area contributed by atoms with E-state index in [1.807, 2.05) is 0 Å². The monoisotopic (exact) mass is 252 g/mol. The van der Waals surface area contributed by atoms with E-state index < -0.39 is 0 Å². The molecule has 1 unspecified atom stereocenters. The molecule has 3 saturated heterocycles. The highest BCUT2D eigenvalue weighted by Gasteiger charge is 2.42. The minimum atomic E-state index is 0.307. The van der Waals surface area contributed by atoms with Gasteiger partial charge in [0, 0.05) is 37.8 Å². The number of nitrogens with two attached hydrogens (primary N) is 1. The van der Waals surface area contributed by atoms with Crippen LogP contribution in [0.25, 0.3) is 0 Å². The van der Waals surface area contributed by atoms with Crippen molar-refractivity contribution >= 4 is 0 Å².